The van der Waals surface area contributed by atoms with Gasteiger partial charge in [0, 0.05) is 12.5 Å². The lowest BCUT2D eigenvalue weighted by Crippen LogP contribution is -2.29. The number of hydrogen-bond acceptors (Lipinski definition) is 2. The van der Waals surface area contributed by atoms with Gasteiger partial charge in [-0.1, -0.05) is 31.0 Å². The number of hydrogen-bond donors (Lipinski definition) is 1. The summed E-state index contributed by atoms with van der Waals surface area (Å²) in [6, 6.07) is 8.50. The molecule has 2 nitrogen and oxygen atoms in total. The Morgan fingerprint density at radius 2 is 1.89 bits per heavy atom. The molecule has 1 aliphatic carbocycles. The van der Waals surface area contributed by atoms with E-state index in [0.29, 0.717) is 5.92 Å². The third-order valence-electron chi connectivity index (χ3n) is 4.38. The quantitative estimate of drug-likeness (QED) is 0.878. The van der Waals surface area contributed by atoms with E-state index in [9.17, 15) is 0 Å². The van der Waals surface area contributed by atoms with E-state index in [2.05, 4.69) is 29.6 Å². The zero-order chi connectivity index (χ0) is 12.2. The zero-order valence-corrected chi connectivity index (χ0v) is 11.0. The highest BCUT2D eigenvalue weighted by Gasteiger charge is 2.21. The third kappa shape index (κ3) is 2.69. The first kappa shape index (κ1) is 12.0. The van der Waals surface area contributed by atoms with Crippen LogP contribution in [0.25, 0.3) is 0 Å². The van der Waals surface area contributed by atoms with Crippen molar-refractivity contribution >= 4 is 0 Å². The molecule has 0 amide bonds. The summed E-state index contributed by atoms with van der Waals surface area (Å²) in [5, 5.41) is 3.68. The highest BCUT2D eigenvalue weighted by Crippen LogP contribution is 2.33. The van der Waals surface area contributed by atoms with Gasteiger partial charge in [-0.25, -0.2) is 0 Å². The zero-order valence-electron chi connectivity index (χ0n) is 11.0. The summed E-state index contributed by atoms with van der Waals surface area (Å²) in [6.07, 6.45) is 6.88. The molecule has 0 saturated heterocycles. The monoisotopic (exact) mass is 245 g/mol. The molecule has 1 aromatic carbocycles. The molecule has 18 heavy (non-hydrogen) atoms. The van der Waals surface area contributed by atoms with Gasteiger partial charge < -0.3 is 10.1 Å². The first-order valence-electron chi connectivity index (χ1n) is 7.36. The smallest absolute Gasteiger partial charge is 0.122 e. The normalized spacial score (nSPS) is 23.7. The molecule has 1 saturated carbocycles. The van der Waals surface area contributed by atoms with E-state index >= 15 is 0 Å². The van der Waals surface area contributed by atoms with Crippen LogP contribution in [0.5, 0.6) is 5.75 Å². The van der Waals surface area contributed by atoms with E-state index < -0.39 is 0 Å². The summed E-state index contributed by atoms with van der Waals surface area (Å²) in [5.41, 5.74) is 1.39. The molecule has 0 radical (unpaired) electrons. The average Bonchev–Trinajstić information content (AvgIpc) is 2.92. The van der Waals surface area contributed by atoms with E-state index in [1.54, 1.807) is 0 Å². The molecule has 2 aliphatic rings. The Bertz CT molecular complexity index is 384. The Hall–Kier alpha value is -1.02. The molecule has 2 heteroatoms. The number of rotatable bonds is 4. The van der Waals surface area contributed by atoms with Crippen LogP contribution in [0, 0.1) is 5.92 Å². The molecular weight excluding hydrogens is 222 g/mol. The molecule has 1 atom stereocenters. The molecular formula is C16H23NO. The fourth-order valence-electron chi connectivity index (χ4n) is 3.30. The molecule has 0 aromatic heterocycles. The SMILES string of the molecule is c1ccc2c(c1)OCCC2CNCC1CCCC1. The Kier molecular flexibility index (Phi) is 3.84. The van der Waals surface area contributed by atoms with Gasteiger partial charge in [0.05, 0.1) is 6.61 Å². The average molecular weight is 245 g/mol. The van der Waals surface area contributed by atoms with Crippen molar-refractivity contribution in [2.75, 3.05) is 19.7 Å². The maximum absolute atomic E-state index is 5.71. The molecule has 0 bridgehead atoms. The summed E-state index contributed by atoms with van der Waals surface area (Å²) in [4.78, 5) is 0. The van der Waals surface area contributed by atoms with Crippen LogP contribution in [0.15, 0.2) is 24.3 Å². The van der Waals surface area contributed by atoms with Crippen LogP contribution >= 0.6 is 0 Å². The van der Waals surface area contributed by atoms with Crippen molar-refractivity contribution in [1.29, 1.82) is 0 Å². The molecule has 0 spiro atoms. The second kappa shape index (κ2) is 5.75. The minimum Gasteiger partial charge on any atom is -0.493 e. The van der Waals surface area contributed by atoms with Crippen LogP contribution < -0.4 is 10.1 Å². The van der Waals surface area contributed by atoms with Gasteiger partial charge in [-0.2, -0.15) is 0 Å². The Morgan fingerprint density at radius 1 is 1.06 bits per heavy atom. The van der Waals surface area contributed by atoms with Gasteiger partial charge in [0.15, 0.2) is 0 Å². The second-order valence-corrected chi connectivity index (χ2v) is 5.68. The van der Waals surface area contributed by atoms with Crippen molar-refractivity contribution < 1.29 is 4.74 Å². The van der Waals surface area contributed by atoms with Gasteiger partial charge in [0.2, 0.25) is 0 Å². The van der Waals surface area contributed by atoms with Gasteiger partial charge in [0.25, 0.3) is 0 Å². The van der Waals surface area contributed by atoms with Crippen LogP contribution in [0.4, 0.5) is 0 Å². The molecule has 1 aromatic rings. The topological polar surface area (TPSA) is 21.3 Å². The van der Waals surface area contributed by atoms with Gasteiger partial charge in [0.1, 0.15) is 5.75 Å². The maximum Gasteiger partial charge on any atom is 0.122 e. The summed E-state index contributed by atoms with van der Waals surface area (Å²) in [5.74, 6) is 2.66. The Labute approximate surface area is 110 Å². The number of para-hydroxylation sites is 1. The van der Waals surface area contributed by atoms with Crippen molar-refractivity contribution in [3.05, 3.63) is 29.8 Å². The lowest BCUT2D eigenvalue weighted by atomic mass is 9.93. The Morgan fingerprint density at radius 3 is 2.78 bits per heavy atom. The molecule has 98 valence electrons. The summed E-state index contributed by atoms with van der Waals surface area (Å²) in [6.45, 7) is 3.18. The second-order valence-electron chi connectivity index (χ2n) is 5.68. The molecule has 1 aliphatic heterocycles. The van der Waals surface area contributed by atoms with Gasteiger partial charge in [-0.3, -0.25) is 0 Å². The lowest BCUT2D eigenvalue weighted by Gasteiger charge is -2.26. The van der Waals surface area contributed by atoms with Crippen LogP contribution in [-0.4, -0.2) is 19.7 Å². The van der Waals surface area contributed by atoms with E-state index in [1.807, 2.05) is 0 Å². The van der Waals surface area contributed by atoms with Crippen molar-refractivity contribution in [2.24, 2.45) is 5.92 Å². The van der Waals surface area contributed by atoms with Crippen molar-refractivity contribution in [3.8, 4) is 5.75 Å². The van der Waals surface area contributed by atoms with Crippen LogP contribution in [-0.2, 0) is 0 Å². The maximum atomic E-state index is 5.71. The standard InChI is InChI=1S/C16H23NO/c1-2-6-13(5-1)11-17-12-14-9-10-18-16-8-4-3-7-15(14)16/h3-4,7-8,13-14,17H,1-2,5-6,9-12H2. The molecule has 3 rings (SSSR count). The van der Waals surface area contributed by atoms with Crippen LogP contribution in [0.2, 0.25) is 0 Å². The van der Waals surface area contributed by atoms with Gasteiger partial charge >= 0.3 is 0 Å². The molecule has 1 heterocycles. The van der Waals surface area contributed by atoms with Gasteiger partial charge in [-0.15, -0.1) is 0 Å². The predicted octanol–water partition coefficient (Wildman–Crippen LogP) is 3.33. The van der Waals surface area contributed by atoms with Crippen molar-refractivity contribution in [1.82, 2.24) is 5.32 Å². The Balaban J connectivity index is 1.54. The lowest BCUT2D eigenvalue weighted by molar-refractivity contribution is 0.263. The molecule has 1 unspecified atom stereocenters. The van der Waals surface area contributed by atoms with Crippen molar-refractivity contribution in [2.45, 2.75) is 38.0 Å². The highest BCUT2D eigenvalue weighted by molar-refractivity contribution is 5.37. The summed E-state index contributed by atoms with van der Waals surface area (Å²) < 4.78 is 5.71. The first-order valence-corrected chi connectivity index (χ1v) is 7.36. The van der Waals surface area contributed by atoms with Crippen LogP contribution in [0.1, 0.15) is 43.6 Å². The van der Waals surface area contributed by atoms with Gasteiger partial charge in [-0.05, 0) is 43.4 Å². The number of fused-ring (bicyclic) bond motifs is 1. The van der Waals surface area contributed by atoms with Crippen molar-refractivity contribution in [3.63, 3.8) is 0 Å². The fourth-order valence-corrected chi connectivity index (χ4v) is 3.30. The van der Waals surface area contributed by atoms with E-state index in [0.717, 1.165) is 31.2 Å². The molecule has 1 fully saturated rings. The number of benzene rings is 1. The van der Waals surface area contributed by atoms with E-state index in [-0.39, 0.29) is 0 Å². The number of nitrogens with one attached hydrogen (secondary N) is 1. The van der Waals surface area contributed by atoms with Crippen LogP contribution in [0.3, 0.4) is 0 Å². The minimum absolute atomic E-state index is 0.636. The largest absolute Gasteiger partial charge is 0.493 e. The summed E-state index contributed by atoms with van der Waals surface area (Å²) in [7, 11) is 0. The van der Waals surface area contributed by atoms with E-state index in [1.165, 1.54) is 37.8 Å². The molecule has 1 N–H and O–H groups in total. The number of ether oxygens (including phenoxy) is 1. The summed E-state index contributed by atoms with van der Waals surface area (Å²) >= 11 is 0. The predicted molar refractivity (Wildman–Crippen MR) is 74.1 cm³/mol. The third-order valence-corrected chi connectivity index (χ3v) is 4.38. The van der Waals surface area contributed by atoms with E-state index in [4.69, 9.17) is 4.74 Å². The highest BCUT2D eigenvalue weighted by atomic mass is 16.5. The fraction of sp³-hybridized carbons (Fsp3) is 0.625. The first-order chi connectivity index (χ1) is 8.93. The minimum atomic E-state index is 0.636.